The van der Waals surface area contributed by atoms with Crippen molar-refractivity contribution < 1.29 is 18.3 Å². The number of para-hydroxylation sites is 2. The molecule has 152 valence electrons. The van der Waals surface area contributed by atoms with Gasteiger partial charge in [-0.2, -0.15) is 4.98 Å². The van der Waals surface area contributed by atoms with Gasteiger partial charge in [-0.25, -0.2) is 18.4 Å². The van der Waals surface area contributed by atoms with E-state index in [-0.39, 0.29) is 12.4 Å². The minimum absolute atomic E-state index is 0.186. The number of anilines is 2. The third kappa shape index (κ3) is 4.75. The first-order valence-electron chi connectivity index (χ1n) is 9.10. The lowest BCUT2D eigenvalue weighted by molar-refractivity contribution is 0.141. The Kier molecular flexibility index (Phi) is 6.50. The fourth-order valence-corrected chi connectivity index (χ4v) is 2.86. The molecule has 0 bridgehead atoms. The van der Waals surface area contributed by atoms with Crippen LogP contribution in [0.1, 0.15) is 13.3 Å². The summed E-state index contributed by atoms with van der Waals surface area (Å²) in [6.45, 7) is 3.09. The summed E-state index contributed by atoms with van der Waals surface area (Å²) in [5, 5.41) is 5.21. The molecule has 0 aliphatic rings. The summed E-state index contributed by atoms with van der Waals surface area (Å²) in [4.78, 5) is 29.0. The fourth-order valence-electron chi connectivity index (χ4n) is 2.86. The summed E-state index contributed by atoms with van der Waals surface area (Å²) in [5.41, 5.74) is -0.730. The van der Waals surface area contributed by atoms with Crippen LogP contribution in [0, 0.1) is 11.6 Å². The molecule has 9 heteroatoms. The fraction of sp³-hybridized carbons (Fsp3) is 0.250. The van der Waals surface area contributed by atoms with Gasteiger partial charge in [-0.3, -0.25) is 9.88 Å². The number of fused-ring (bicyclic) bond motifs is 1. The Morgan fingerprint density at radius 1 is 1.10 bits per heavy atom. The smallest absolute Gasteiger partial charge is 0.349 e. The number of nitrogens with one attached hydrogen (secondary N) is 2. The molecule has 1 heterocycles. The predicted molar refractivity (Wildman–Crippen MR) is 106 cm³/mol. The molecule has 0 atom stereocenters. The highest BCUT2D eigenvalue weighted by Crippen LogP contribution is 2.22. The average Bonchev–Trinajstić information content (AvgIpc) is 2.70. The van der Waals surface area contributed by atoms with E-state index in [1.54, 1.807) is 24.3 Å². The summed E-state index contributed by atoms with van der Waals surface area (Å²) >= 11 is 0. The lowest BCUT2D eigenvalue weighted by atomic mass is 10.2. The highest BCUT2D eigenvalue weighted by molar-refractivity contribution is 6.04. The third-order valence-corrected chi connectivity index (χ3v) is 4.18. The molecule has 7 nitrogen and oxygen atoms in total. The maximum Gasteiger partial charge on any atom is 0.349 e. The van der Waals surface area contributed by atoms with Gasteiger partial charge in [-0.05, 0) is 37.6 Å². The molecule has 2 amide bonds. The summed E-state index contributed by atoms with van der Waals surface area (Å²) in [6.07, 6.45) is 0.520. The van der Waals surface area contributed by atoms with E-state index in [1.807, 2.05) is 6.92 Å². The molecule has 0 saturated heterocycles. The van der Waals surface area contributed by atoms with Crippen LogP contribution >= 0.6 is 0 Å². The Hall–Kier alpha value is -3.33. The van der Waals surface area contributed by atoms with E-state index in [0.29, 0.717) is 30.5 Å². The molecule has 0 aliphatic carbocycles. The van der Waals surface area contributed by atoms with Crippen molar-refractivity contribution in [3.8, 4) is 0 Å². The first-order chi connectivity index (χ1) is 14.0. The van der Waals surface area contributed by atoms with E-state index in [4.69, 9.17) is 4.74 Å². The van der Waals surface area contributed by atoms with E-state index in [1.165, 1.54) is 10.6 Å². The molecule has 3 aromatic rings. The first kappa shape index (κ1) is 20.4. The number of urea groups is 1. The highest BCUT2D eigenvalue weighted by Gasteiger charge is 2.16. The standard InChI is InChI=1S/C20H20F2N4O3/c1-2-29-12-6-11-26-18(13-7-3-4-10-16(13)23-20(26)28)25-19(27)24-17-14(21)8-5-9-15(17)22/h3-5,7-10H,2,6,11-12H2,1H3,(H2,24,25,27). The lowest BCUT2D eigenvalue weighted by Gasteiger charge is -2.16. The third-order valence-electron chi connectivity index (χ3n) is 4.18. The largest absolute Gasteiger partial charge is 0.382 e. The van der Waals surface area contributed by atoms with Crippen LogP contribution in [0.25, 0.3) is 10.9 Å². The van der Waals surface area contributed by atoms with Crippen LogP contribution in [0.5, 0.6) is 0 Å². The van der Waals surface area contributed by atoms with Crippen molar-refractivity contribution >= 4 is 28.4 Å². The van der Waals surface area contributed by atoms with Crippen molar-refractivity contribution in [2.24, 2.45) is 0 Å². The van der Waals surface area contributed by atoms with Crippen LogP contribution in [0.15, 0.2) is 47.3 Å². The molecule has 0 radical (unpaired) electrons. The Bertz CT molecular complexity index is 1060. The molecule has 0 aliphatic heterocycles. The Balaban J connectivity index is 1.93. The maximum atomic E-state index is 13.8. The van der Waals surface area contributed by atoms with Crippen molar-refractivity contribution in [3.63, 3.8) is 0 Å². The topological polar surface area (TPSA) is 85.2 Å². The highest BCUT2D eigenvalue weighted by atomic mass is 19.1. The number of hydrogen-bond acceptors (Lipinski definition) is 4. The van der Waals surface area contributed by atoms with E-state index in [9.17, 15) is 18.4 Å². The average molecular weight is 402 g/mol. The maximum absolute atomic E-state index is 13.8. The van der Waals surface area contributed by atoms with Crippen LogP contribution in [-0.4, -0.2) is 28.8 Å². The van der Waals surface area contributed by atoms with Crippen LogP contribution < -0.4 is 16.3 Å². The Morgan fingerprint density at radius 3 is 2.55 bits per heavy atom. The second kappa shape index (κ2) is 9.24. The van der Waals surface area contributed by atoms with Crippen molar-refractivity contribution in [1.82, 2.24) is 9.55 Å². The van der Waals surface area contributed by atoms with Gasteiger partial charge >= 0.3 is 11.7 Å². The number of rotatable bonds is 7. The van der Waals surface area contributed by atoms with E-state index < -0.39 is 29.0 Å². The molecule has 3 rings (SSSR count). The zero-order chi connectivity index (χ0) is 20.8. The van der Waals surface area contributed by atoms with Gasteiger partial charge < -0.3 is 10.1 Å². The monoisotopic (exact) mass is 402 g/mol. The van der Waals surface area contributed by atoms with Crippen molar-refractivity contribution in [3.05, 3.63) is 64.6 Å². The number of benzene rings is 2. The molecule has 0 fully saturated rings. The summed E-state index contributed by atoms with van der Waals surface area (Å²) in [5.74, 6) is -1.63. The Labute approximate surface area is 165 Å². The molecule has 0 unspecified atom stereocenters. The van der Waals surface area contributed by atoms with Crippen molar-refractivity contribution in [2.75, 3.05) is 23.8 Å². The number of carbonyl (C=O) groups excluding carboxylic acids is 1. The SMILES string of the molecule is CCOCCCn1c(NC(=O)Nc2c(F)cccc2F)c2ccccc2nc1=O. The van der Waals surface area contributed by atoms with Crippen LogP contribution in [0.3, 0.4) is 0 Å². The minimum atomic E-state index is -0.908. The van der Waals surface area contributed by atoms with E-state index in [2.05, 4.69) is 15.6 Å². The van der Waals surface area contributed by atoms with Gasteiger partial charge in [0.25, 0.3) is 0 Å². The molecular weight excluding hydrogens is 382 g/mol. The van der Waals surface area contributed by atoms with Gasteiger partial charge in [0, 0.05) is 25.1 Å². The first-order valence-corrected chi connectivity index (χ1v) is 9.10. The van der Waals surface area contributed by atoms with Gasteiger partial charge in [-0.15, -0.1) is 0 Å². The van der Waals surface area contributed by atoms with Gasteiger partial charge in [0.15, 0.2) is 0 Å². The second-order valence-corrected chi connectivity index (χ2v) is 6.14. The predicted octanol–water partition coefficient (Wildman–Crippen LogP) is 3.75. The molecule has 2 N–H and O–H groups in total. The van der Waals surface area contributed by atoms with Crippen LogP contribution in [-0.2, 0) is 11.3 Å². The molecule has 0 saturated carbocycles. The minimum Gasteiger partial charge on any atom is -0.382 e. The van der Waals surface area contributed by atoms with Crippen LogP contribution in [0.4, 0.5) is 25.1 Å². The van der Waals surface area contributed by atoms with Gasteiger partial charge in [0.05, 0.1) is 5.52 Å². The number of nitrogens with zero attached hydrogens (tertiary/aromatic N) is 2. The number of carbonyl (C=O) groups is 1. The quantitative estimate of drug-likeness (QED) is 0.590. The van der Waals surface area contributed by atoms with Crippen molar-refractivity contribution in [2.45, 2.75) is 19.9 Å². The number of amides is 2. The van der Waals surface area contributed by atoms with Gasteiger partial charge in [0.2, 0.25) is 0 Å². The van der Waals surface area contributed by atoms with Crippen LogP contribution in [0.2, 0.25) is 0 Å². The Morgan fingerprint density at radius 2 is 1.83 bits per heavy atom. The normalized spacial score (nSPS) is 10.9. The number of ether oxygens (including phenoxy) is 1. The lowest BCUT2D eigenvalue weighted by Crippen LogP contribution is -2.30. The zero-order valence-electron chi connectivity index (χ0n) is 15.7. The van der Waals surface area contributed by atoms with Crippen molar-refractivity contribution in [1.29, 1.82) is 0 Å². The summed E-state index contributed by atoms with van der Waals surface area (Å²) in [7, 11) is 0. The van der Waals surface area contributed by atoms with E-state index >= 15 is 0 Å². The van der Waals surface area contributed by atoms with Gasteiger partial charge in [-0.1, -0.05) is 18.2 Å². The van der Waals surface area contributed by atoms with E-state index in [0.717, 1.165) is 12.1 Å². The number of aromatic nitrogens is 2. The zero-order valence-corrected chi connectivity index (χ0v) is 15.7. The summed E-state index contributed by atoms with van der Waals surface area (Å²) in [6, 6.07) is 9.16. The summed E-state index contributed by atoms with van der Waals surface area (Å²) < 4.78 is 34.2. The molecular formula is C20H20F2N4O3. The van der Waals surface area contributed by atoms with Gasteiger partial charge in [0.1, 0.15) is 23.1 Å². The number of hydrogen-bond donors (Lipinski definition) is 2. The molecule has 0 spiro atoms. The molecule has 2 aromatic carbocycles. The molecule has 29 heavy (non-hydrogen) atoms. The number of halogens is 2. The molecule has 1 aromatic heterocycles. The second-order valence-electron chi connectivity index (χ2n) is 6.14.